The third-order valence-electron chi connectivity index (χ3n) is 5.48. The van der Waals surface area contributed by atoms with Gasteiger partial charge in [0.05, 0.1) is 11.4 Å². The number of carboxylic acids is 1. The summed E-state index contributed by atoms with van der Waals surface area (Å²) in [5.74, 6) is 0.0105. The molecule has 0 saturated heterocycles. The van der Waals surface area contributed by atoms with Crippen molar-refractivity contribution >= 4 is 46.7 Å². The van der Waals surface area contributed by atoms with E-state index in [2.05, 4.69) is 70.8 Å². The van der Waals surface area contributed by atoms with Gasteiger partial charge in [0.15, 0.2) is 0 Å². The van der Waals surface area contributed by atoms with Crippen molar-refractivity contribution in [2.45, 2.75) is 49.3 Å². The Morgan fingerprint density at radius 1 is 1.29 bits per heavy atom. The number of carbonyl (C=O) groups is 1. The first kappa shape index (κ1) is 23.8. The Morgan fingerprint density at radius 3 is 2.68 bits per heavy atom. The first-order valence-corrected chi connectivity index (χ1v) is 12.7. The van der Waals surface area contributed by atoms with Gasteiger partial charge in [-0.25, -0.2) is 0 Å². The Hall–Kier alpha value is -1.83. The molecule has 168 valence electrons. The zero-order valence-corrected chi connectivity index (χ0v) is 20.5. The lowest BCUT2D eigenvalue weighted by atomic mass is 9.94. The molecule has 1 atom stereocenters. The number of thioether (sulfide) groups is 1. The second-order valence-corrected chi connectivity index (χ2v) is 10.4. The largest absolute Gasteiger partial charge is 0.481 e. The van der Waals surface area contributed by atoms with E-state index in [1.807, 2.05) is 14.1 Å². The van der Waals surface area contributed by atoms with E-state index in [1.54, 1.807) is 11.9 Å². The number of hydrogen-bond acceptors (Lipinski definition) is 6. The summed E-state index contributed by atoms with van der Waals surface area (Å²) in [5.41, 5.74) is 4.66. The third-order valence-corrected chi connectivity index (χ3v) is 7.59. The zero-order chi connectivity index (χ0) is 22.4. The maximum Gasteiger partial charge on any atom is 0.313 e. The van der Waals surface area contributed by atoms with Crippen LogP contribution in [0.5, 0.6) is 0 Å². The molecule has 0 radical (unpaired) electrons. The lowest BCUT2D eigenvalue weighted by Gasteiger charge is -2.35. The van der Waals surface area contributed by atoms with Crippen LogP contribution < -0.4 is 14.5 Å². The summed E-state index contributed by atoms with van der Waals surface area (Å²) in [5, 5.41) is 9.04. The van der Waals surface area contributed by atoms with Crippen LogP contribution in [0.1, 0.15) is 38.7 Å². The van der Waals surface area contributed by atoms with Gasteiger partial charge < -0.3 is 14.9 Å². The Bertz CT molecular complexity index is 892. The molecular formula is C24H33N3O2S2. The number of nitrogens with zero attached hydrogens (tertiary/aromatic N) is 2. The molecule has 31 heavy (non-hydrogen) atoms. The highest BCUT2D eigenvalue weighted by Gasteiger charge is 2.32. The van der Waals surface area contributed by atoms with Gasteiger partial charge in [-0.15, -0.1) is 11.8 Å². The number of carboxylic acid groups (broad SMARTS) is 1. The van der Waals surface area contributed by atoms with E-state index in [0.29, 0.717) is 5.75 Å². The second kappa shape index (κ2) is 10.7. The van der Waals surface area contributed by atoms with Gasteiger partial charge in [-0.2, -0.15) is 0 Å². The lowest BCUT2D eigenvalue weighted by Crippen LogP contribution is -2.46. The molecule has 2 N–H and O–H groups in total. The normalized spacial score (nSPS) is 18.4. The molecule has 0 amide bonds. The van der Waals surface area contributed by atoms with Crippen molar-refractivity contribution in [3.05, 3.63) is 48.0 Å². The maximum absolute atomic E-state index is 11.0. The number of rotatable bonds is 9. The van der Waals surface area contributed by atoms with Gasteiger partial charge in [-0.05, 0) is 55.1 Å². The quantitative estimate of drug-likeness (QED) is 0.462. The first-order chi connectivity index (χ1) is 14.8. The van der Waals surface area contributed by atoms with Crippen molar-refractivity contribution in [1.29, 1.82) is 0 Å². The fourth-order valence-corrected chi connectivity index (χ4v) is 5.58. The maximum atomic E-state index is 11.0. The van der Waals surface area contributed by atoms with Crippen LogP contribution in [0.25, 0.3) is 0 Å². The van der Waals surface area contributed by atoms with Gasteiger partial charge in [0.25, 0.3) is 0 Å². The average molecular weight is 460 g/mol. The molecule has 0 fully saturated rings. The first-order valence-electron chi connectivity index (χ1n) is 10.7. The van der Waals surface area contributed by atoms with E-state index in [-0.39, 0.29) is 11.3 Å². The van der Waals surface area contributed by atoms with Crippen molar-refractivity contribution in [2.75, 3.05) is 36.2 Å². The van der Waals surface area contributed by atoms with E-state index in [4.69, 9.17) is 5.11 Å². The SMILES string of the molecule is CCCCC1(C)CN(c2ccccc2)c2cc(N(C)C)c(CSCC(=O)O)cc2SN1. The van der Waals surface area contributed by atoms with Gasteiger partial charge in [-0.1, -0.05) is 38.0 Å². The van der Waals surface area contributed by atoms with Crippen LogP contribution >= 0.6 is 23.7 Å². The van der Waals surface area contributed by atoms with Crippen molar-refractivity contribution in [3.63, 3.8) is 0 Å². The number of nitrogens with one attached hydrogen (secondary N) is 1. The molecular weight excluding hydrogens is 426 g/mol. The van der Waals surface area contributed by atoms with Crippen LogP contribution in [0.2, 0.25) is 0 Å². The number of fused-ring (bicyclic) bond motifs is 1. The van der Waals surface area contributed by atoms with Crippen LogP contribution in [-0.4, -0.2) is 43.0 Å². The standard InChI is InChI=1S/C24H33N3O2S2/c1-5-6-12-24(2)17-27(19-10-8-7-9-11-19)21-14-20(26(3)4)18(13-22(21)31-25-24)15-30-16-23(28)29/h7-11,13-14,25H,5-6,12,15-17H2,1-4H3,(H,28,29). The Labute approximate surface area is 194 Å². The summed E-state index contributed by atoms with van der Waals surface area (Å²) in [6.45, 7) is 5.44. The van der Waals surface area contributed by atoms with Crippen LogP contribution in [0.4, 0.5) is 17.1 Å². The molecule has 0 spiro atoms. The van der Waals surface area contributed by atoms with Gasteiger partial charge in [0.1, 0.15) is 0 Å². The highest BCUT2D eigenvalue weighted by Crippen LogP contribution is 2.43. The highest BCUT2D eigenvalue weighted by molar-refractivity contribution is 7.99. The minimum Gasteiger partial charge on any atom is -0.481 e. The molecule has 3 rings (SSSR count). The molecule has 7 heteroatoms. The number of hydrogen-bond donors (Lipinski definition) is 2. The molecule has 0 aliphatic carbocycles. The van der Waals surface area contributed by atoms with E-state index in [0.717, 1.165) is 24.2 Å². The second-order valence-electron chi connectivity index (χ2n) is 8.52. The van der Waals surface area contributed by atoms with E-state index < -0.39 is 5.97 Å². The summed E-state index contributed by atoms with van der Waals surface area (Å²) < 4.78 is 3.76. The van der Waals surface area contributed by atoms with E-state index in [9.17, 15) is 4.79 Å². The smallest absolute Gasteiger partial charge is 0.313 e. The summed E-state index contributed by atoms with van der Waals surface area (Å²) in [7, 11) is 4.10. The summed E-state index contributed by atoms with van der Waals surface area (Å²) in [6, 6.07) is 15.1. The third kappa shape index (κ3) is 6.11. The molecule has 1 heterocycles. The molecule has 0 saturated carbocycles. The fourth-order valence-electron chi connectivity index (χ4n) is 3.85. The fraction of sp³-hybridized carbons (Fsp3) is 0.458. The predicted octanol–water partition coefficient (Wildman–Crippen LogP) is 5.77. The van der Waals surface area contributed by atoms with Crippen molar-refractivity contribution in [2.24, 2.45) is 0 Å². The number of unbranched alkanes of at least 4 members (excludes halogenated alkanes) is 1. The molecule has 1 aliphatic heterocycles. The van der Waals surface area contributed by atoms with Crippen molar-refractivity contribution in [3.8, 4) is 0 Å². The lowest BCUT2D eigenvalue weighted by molar-refractivity contribution is -0.133. The molecule has 1 aliphatic rings. The summed E-state index contributed by atoms with van der Waals surface area (Å²) in [6.07, 6.45) is 3.47. The average Bonchev–Trinajstić information content (AvgIpc) is 2.89. The minimum absolute atomic E-state index is 0.0218. The number of para-hydroxylation sites is 1. The van der Waals surface area contributed by atoms with E-state index in [1.165, 1.54) is 40.9 Å². The van der Waals surface area contributed by atoms with Gasteiger partial charge in [0.2, 0.25) is 0 Å². The van der Waals surface area contributed by atoms with Crippen LogP contribution in [0.15, 0.2) is 47.4 Å². The molecule has 2 aromatic rings. The summed E-state index contributed by atoms with van der Waals surface area (Å²) >= 11 is 3.14. The predicted molar refractivity (Wildman–Crippen MR) is 135 cm³/mol. The molecule has 0 bridgehead atoms. The molecule has 1 unspecified atom stereocenters. The van der Waals surface area contributed by atoms with E-state index >= 15 is 0 Å². The van der Waals surface area contributed by atoms with Crippen molar-refractivity contribution < 1.29 is 9.90 Å². The molecule has 5 nitrogen and oxygen atoms in total. The van der Waals surface area contributed by atoms with Crippen molar-refractivity contribution in [1.82, 2.24) is 4.72 Å². The Balaban J connectivity index is 2.04. The zero-order valence-electron chi connectivity index (χ0n) is 18.9. The highest BCUT2D eigenvalue weighted by atomic mass is 32.2. The molecule has 0 aromatic heterocycles. The van der Waals surface area contributed by atoms with Crippen LogP contribution in [-0.2, 0) is 10.5 Å². The number of benzene rings is 2. The number of anilines is 3. The number of aliphatic carboxylic acids is 1. The minimum atomic E-state index is -0.774. The Morgan fingerprint density at radius 2 is 2.03 bits per heavy atom. The van der Waals surface area contributed by atoms with Gasteiger partial charge >= 0.3 is 5.97 Å². The monoisotopic (exact) mass is 459 g/mol. The van der Waals surface area contributed by atoms with Crippen LogP contribution in [0.3, 0.4) is 0 Å². The van der Waals surface area contributed by atoms with Gasteiger partial charge in [-0.3, -0.25) is 9.52 Å². The Kier molecular flexibility index (Phi) is 8.19. The molecule has 2 aromatic carbocycles. The van der Waals surface area contributed by atoms with Gasteiger partial charge in [0, 0.05) is 48.2 Å². The topological polar surface area (TPSA) is 55.8 Å². The van der Waals surface area contributed by atoms with Crippen LogP contribution in [0, 0.1) is 0 Å². The summed E-state index contributed by atoms with van der Waals surface area (Å²) in [4.78, 5) is 16.7.